The zero-order valence-electron chi connectivity index (χ0n) is 11.8. The fourth-order valence-electron chi connectivity index (χ4n) is 2.46. The highest BCUT2D eigenvalue weighted by Crippen LogP contribution is 2.31. The highest BCUT2D eigenvalue weighted by Gasteiger charge is 2.22. The maximum absolute atomic E-state index is 8.55. The first kappa shape index (κ1) is 14.6. The predicted octanol–water partition coefficient (Wildman–Crippen LogP) is 4.83. The summed E-state index contributed by atoms with van der Waals surface area (Å²) in [4.78, 5) is 0. The number of halogens is 1. The van der Waals surface area contributed by atoms with Crippen molar-refractivity contribution in [2.45, 2.75) is 13.3 Å². The number of hydrogen-bond donors (Lipinski definition) is 2. The van der Waals surface area contributed by atoms with Gasteiger partial charge in [-0.25, -0.2) is 0 Å². The minimum atomic E-state index is 0.0877. The van der Waals surface area contributed by atoms with Crippen molar-refractivity contribution >= 4 is 29.1 Å². The van der Waals surface area contributed by atoms with Crippen molar-refractivity contribution in [2.75, 3.05) is 12.4 Å². The van der Waals surface area contributed by atoms with Crippen LogP contribution in [0.1, 0.15) is 24.5 Å². The van der Waals surface area contributed by atoms with Gasteiger partial charge in [-0.15, -0.1) is 0 Å². The maximum Gasteiger partial charge on any atom is 0.0481 e. The van der Waals surface area contributed by atoms with Crippen LogP contribution in [-0.2, 0) is 0 Å². The van der Waals surface area contributed by atoms with E-state index in [4.69, 9.17) is 17.0 Å². The fraction of sp³-hybridized carbons (Fsp3) is 0.235. The number of hydrogen-bond acceptors (Lipinski definition) is 2. The molecule has 0 radical (unpaired) electrons. The number of anilines is 1. The lowest BCUT2D eigenvalue weighted by Gasteiger charge is -2.23. The first-order valence-electron chi connectivity index (χ1n) is 6.63. The Labute approximate surface area is 125 Å². The minimum Gasteiger partial charge on any atom is -0.388 e. The number of benzene rings is 1. The van der Waals surface area contributed by atoms with E-state index in [1.165, 1.54) is 0 Å². The summed E-state index contributed by atoms with van der Waals surface area (Å²) in [6, 6.07) is 6.00. The zero-order chi connectivity index (χ0) is 14.7. The van der Waals surface area contributed by atoms with Gasteiger partial charge in [0.1, 0.15) is 0 Å². The second-order valence-electron chi connectivity index (χ2n) is 4.94. The van der Waals surface area contributed by atoms with E-state index in [-0.39, 0.29) is 5.92 Å². The van der Waals surface area contributed by atoms with Crippen LogP contribution < -0.4 is 5.32 Å². The number of rotatable bonds is 4. The molecule has 0 fully saturated rings. The smallest absolute Gasteiger partial charge is 0.0481 e. The molecule has 20 heavy (non-hydrogen) atoms. The van der Waals surface area contributed by atoms with Crippen molar-refractivity contribution < 1.29 is 0 Å². The third-order valence-electron chi connectivity index (χ3n) is 3.65. The molecule has 1 unspecified atom stereocenters. The van der Waals surface area contributed by atoms with Crippen LogP contribution >= 0.6 is 11.6 Å². The topological polar surface area (TPSA) is 35.9 Å². The molecule has 2 nitrogen and oxygen atoms in total. The highest BCUT2D eigenvalue weighted by atomic mass is 35.5. The average molecular weight is 287 g/mol. The quantitative estimate of drug-likeness (QED) is 0.764. The summed E-state index contributed by atoms with van der Waals surface area (Å²) < 4.78 is 0. The molecule has 0 heterocycles. The van der Waals surface area contributed by atoms with Crippen LogP contribution in [0.4, 0.5) is 5.69 Å². The summed E-state index contributed by atoms with van der Waals surface area (Å²) in [5, 5.41) is 12.5. The Balaban J connectivity index is 2.39. The zero-order valence-corrected chi connectivity index (χ0v) is 12.6. The van der Waals surface area contributed by atoms with Crippen molar-refractivity contribution in [2.24, 2.45) is 5.92 Å². The lowest BCUT2D eigenvalue weighted by molar-refractivity contribution is 0.801. The van der Waals surface area contributed by atoms with Crippen LogP contribution in [0.5, 0.6) is 0 Å². The normalized spacial score (nSPS) is 18.1. The van der Waals surface area contributed by atoms with Crippen molar-refractivity contribution in [3.63, 3.8) is 0 Å². The third kappa shape index (κ3) is 2.86. The van der Waals surface area contributed by atoms with Crippen LogP contribution in [0.25, 0.3) is 6.08 Å². The van der Waals surface area contributed by atoms with Gasteiger partial charge >= 0.3 is 0 Å². The SMILES string of the molecule is C=Cc1ccc(NC)c(C(=N)C2CC=C(Cl)C=C2C)c1. The summed E-state index contributed by atoms with van der Waals surface area (Å²) in [5.74, 6) is 0.0877. The van der Waals surface area contributed by atoms with Crippen LogP contribution in [0.3, 0.4) is 0 Å². The summed E-state index contributed by atoms with van der Waals surface area (Å²) in [6.45, 7) is 5.83. The number of nitrogens with one attached hydrogen (secondary N) is 2. The third-order valence-corrected chi connectivity index (χ3v) is 3.91. The molecular weight excluding hydrogens is 268 g/mol. The second kappa shape index (κ2) is 6.10. The van der Waals surface area contributed by atoms with Crippen molar-refractivity contribution in [1.82, 2.24) is 0 Å². The molecular formula is C17H19ClN2. The first-order chi connectivity index (χ1) is 9.56. The standard InChI is InChI=1S/C17H19ClN2/c1-4-12-5-8-16(20-3)15(10-12)17(19)14-7-6-13(18)9-11(14)2/h4-6,8-10,14,19-20H,1,7H2,2-3H3. The molecule has 0 aromatic heterocycles. The molecule has 0 saturated carbocycles. The molecule has 1 atom stereocenters. The molecule has 1 aliphatic rings. The Kier molecular flexibility index (Phi) is 4.46. The fourth-order valence-corrected chi connectivity index (χ4v) is 2.72. The number of allylic oxidation sites excluding steroid dienone is 4. The van der Waals surface area contributed by atoms with E-state index in [2.05, 4.69) is 11.9 Å². The van der Waals surface area contributed by atoms with Crippen molar-refractivity contribution in [1.29, 1.82) is 5.41 Å². The van der Waals surface area contributed by atoms with Gasteiger partial charge in [-0.3, -0.25) is 0 Å². The van der Waals surface area contributed by atoms with Gasteiger partial charge < -0.3 is 10.7 Å². The summed E-state index contributed by atoms with van der Waals surface area (Å²) in [7, 11) is 1.88. The molecule has 0 bridgehead atoms. The van der Waals surface area contributed by atoms with Gasteiger partial charge in [0.15, 0.2) is 0 Å². The predicted molar refractivity (Wildman–Crippen MR) is 88.7 cm³/mol. The van der Waals surface area contributed by atoms with Gasteiger partial charge in [0.05, 0.1) is 0 Å². The van der Waals surface area contributed by atoms with Gasteiger partial charge in [0.25, 0.3) is 0 Å². The molecule has 2 rings (SSSR count). The average Bonchev–Trinajstić information content (AvgIpc) is 2.46. The Morgan fingerprint density at radius 3 is 2.85 bits per heavy atom. The van der Waals surface area contributed by atoms with Gasteiger partial charge in [-0.05, 0) is 37.1 Å². The summed E-state index contributed by atoms with van der Waals surface area (Å²) >= 11 is 6.02. The van der Waals surface area contributed by atoms with Crippen molar-refractivity contribution in [3.05, 3.63) is 58.7 Å². The van der Waals surface area contributed by atoms with E-state index >= 15 is 0 Å². The van der Waals surface area contributed by atoms with Crippen molar-refractivity contribution in [3.8, 4) is 0 Å². The molecule has 3 heteroatoms. The van der Waals surface area contributed by atoms with E-state index in [9.17, 15) is 0 Å². The molecule has 1 aromatic carbocycles. The Bertz CT molecular complexity index is 611. The molecule has 2 N–H and O–H groups in total. The first-order valence-corrected chi connectivity index (χ1v) is 7.01. The molecule has 0 aliphatic heterocycles. The monoisotopic (exact) mass is 286 g/mol. The van der Waals surface area contributed by atoms with E-state index in [0.717, 1.165) is 33.8 Å². The molecule has 104 valence electrons. The van der Waals surface area contributed by atoms with Gasteiger partial charge in [-0.1, -0.05) is 42.0 Å². The van der Waals surface area contributed by atoms with E-state index < -0.39 is 0 Å². The Hall–Kier alpha value is -1.80. The van der Waals surface area contributed by atoms with Crippen LogP contribution in [0.15, 0.2) is 47.5 Å². The minimum absolute atomic E-state index is 0.0877. The molecule has 0 amide bonds. The molecule has 0 spiro atoms. The highest BCUT2D eigenvalue weighted by molar-refractivity contribution is 6.31. The van der Waals surface area contributed by atoms with Gasteiger partial charge in [0, 0.05) is 35.0 Å². The largest absolute Gasteiger partial charge is 0.388 e. The maximum atomic E-state index is 8.55. The van der Waals surface area contributed by atoms with Gasteiger partial charge in [-0.2, -0.15) is 0 Å². The lowest BCUT2D eigenvalue weighted by atomic mass is 9.84. The molecule has 1 aliphatic carbocycles. The summed E-state index contributed by atoms with van der Waals surface area (Å²) in [6.07, 6.45) is 6.50. The molecule has 1 aromatic rings. The van der Waals surface area contributed by atoms with Crippen LogP contribution in [0, 0.1) is 11.3 Å². The van der Waals surface area contributed by atoms with Crippen LogP contribution in [-0.4, -0.2) is 12.8 Å². The van der Waals surface area contributed by atoms with E-state index in [1.54, 1.807) is 6.08 Å². The lowest BCUT2D eigenvalue weighted by Crippen LogP contribution is -2.19. The Morgan fingerprint density at radius 2 is 2.25 bits per heavy atom. The molecule has 0 saturated heterocycles. The summed E-state index contributed by atoms with van der Waals surface area (Å²) in [5.41, 5.74) is 4.67. The van der Waals surface area contributed by atoms with Gasteiger partial charge in [0.2, 0.25) is 0 Å². The van der Waals surface area contributed by atoms with Crippen LogP contribution in [0.2, 0.25) is 0 Å². The Morgan fingerprint density at radius 1 is 1.50 bits per heavy atom. The van der Waals surface area contributed by atoms with E-state index in [1.807, 2.05) is 44.3 Å². The van der Waals surface area contributed by atoms with E-state index in [0.29, 0.717) is 5.71 Å². The second-order valence-corrected chi connectivity index (χ2v) is 5.37.